The lowest BCUT2D eigenvalue weighted by Crippen LogP contribution is -1.94. The van der Waals surface area contributed by atoms with E-state index in [0.717, 1.165) is 48.9 Å². The van der Waals surface area contributed by atoms with Crippen molar-refractivity contribution >= 4 is 21.4 Å². The maximum absolute atomic E-state index is 9.71. The van der Waals surface area contributed by atoms with Gasteiger partial charge >= 0.3 is 0 Å². The molecule has 0 amide bonds. The van der Waals surface area contributed by atoms with E-state index in [-0.39, 0.29) is 5.75 Å². The van der Waals surface area contributed by atoms with Crippen molar-refractivity contribution in [2.24, 2.45) is 0 Å². The Morgan fingerprint density at radius 1 is 0.564 bits per heavy atom. The zero-order valence-electron chi connectivity index (χ0n) is 21.1. The molecule has 0 saturated carbocycles. The van der Waals surface area contributed by atoms with E-state index >= 15 is 0 Å². The molecule has 0 fully saturated rings. The van der Waals surface area contributed by atoms with Crippen molar-refractivity contribution in [3.63, 3.8) is 0 Å². The molecule has 5 aromatic carbocycles. The SMILES string of the molecule is Oc1ccc(Oc2c(-c3ccc(OCc4ccccc4)cc3)sc3cc(OCc4ccccc4)ccc23)cc1. The minimum atomic E-state index is 0.198. The normalized spacial score (nSPS) is 10.9. The number of aromatic hydroxyl groups is 1. The summed E-state index contributed by atoms with van der Waals surface area (Å²) in [4.78, 5) is 1.01. The molecule has 0 atom stereocenters. The lowest BCUT2D eigenvalue weighted by molar-refractivity contribution is 0.306. The minimum Gasteiger partial charge on any atom is -0.508 e. The number of rotatable bonds is 9. The fourth-order valence-corrected chi connectivity index (χ4v) is 5.41. The summed E-state index contributed by atoms with van der Waals surface area (Å²) in [6, 6.07) is 41.2. The van der Waals surface area contributed by atoms with Gasteiger partial charge in [-0.1, -0.05) is 60.7 Å². The number of fused-ring (bicyclic) bond motifs is 1. The maximum atomic E-state index is 9.71. The first-order chi connectivity index (χ1) is 19.2. The lowest BCUT2D eigenvalue weighted by Gasteiger charge is -2.10. The van der Waals surface area contributed by atoms with E-state index in [1.165, 1.54) is 0 Å². The van der Waals surface area contributed by atoms with Gasteiger partial charge in [0.1, 0.15) is 36.2 Å². The molecular weight excluding hydrogens is 504 g/mol. The molecule has 6 rings (SSSR count). The molecule has 0 radical (unpaired) electrons. The lowest BCUT2D eigenvalue weighted by atomic mass is 10.1. The molecule has 1 N–H and O–H groups in total. The fraction of sp³-hybridized carbons (Fsp3) is 0.0588. The van der Waals surface area contributed by atoms with Gasteiger partial charge in [-0.2, -0.15) is 0 Å². The first-order valence-electron chi connectivity index (χ1n) is 12.7. The Bertz CT molecular complexity index is 1660. The molecule has 192 valence electrons. The van der Waals surface area contributed by atoms with Crippen LogP contribution in [-0.4, -0.2) is 5.11 Å². The van der Waals surface area contributed by atoms with E-state index in [1.807, 2.05) is 60.7 Å². The minimum absolute atomic E-state index is 0.198. The molecule has 1 aromatic heterocycles. The molecule has 0 spiro atoms. The Hall–Kier alpha value is -4.74. The van der Waals surface area contributed by atoms with Crippen LogP contribution in [0.4, 0.5) is 0 Å². The smallest absolute Gasteiger partial charge is 0.153 e. The van der Waals surface area contributed by atoms with E-state index in [1.54, 1.807) is 35.6 Å². The number of benzene rings is 5. The van der Waals surface area contributed by atoms with Crippen LogP contribution < -0.4 is 14.2 Å². The molecule has 0 aliphatic heterocycles. The predicted molar refractivity (Wildman–Crippen MR) is 157 cm³/mol. The van der Waals surface area contributed by atoms with E-state index in [2.05, 4.69) is 42.5 Å². The Labute approximate surface area is 231 Å². The summed E-state index contributed by atoms with van der Waals surface area (Å²) in [6.07, 6.45) is 0. The highest BCUT2D eigenvalue weighted by molar-refractivity contribution is 7.22. The van der Waals surface area contributed by atoms with E-state index < -0.39 is 0 Å². The third-order valence-electron chi connectivity index (χ3n) is 6.29. The Balaban J connectivity index is 1.29. The first-order valence-corrected chi connectivity index (χ1v) is 13.5. The highest BCUT2D eigenvalue weighted by Crippen LogP contribution is 2.47. The van der Waals surface area contributed by atoms with Gasteiger partial charge in [-0.3, -0.25) is 0 Å². The average Bonchev–Trinajstić information content (AvgIpc) is 3.35. The standard InChI is InChI=1S/C34H26O4S/c35-27-13-17-29(18-14-27)38-33-31-20-19-30(37-23-25-9-5-2-6-10-25)21-32(31)39-34(33)26-11-15-28(16-12-26)36-22-24-7-3-1-4-8-24/h1-21,35H,22-23H2. The molecule has 0 unspecified atom stereocenters. The van der Waals surface area contributed by atoms with Gasteiger partial charge in [-0.25, -0.2) is 0 Å². The van der Waals surface area contributed by atoms with Crippen LogP contribution in [0.3, 0.4) is 0 Å². The number of ether oxygens (including phenoxy) is 3. The molecule has 0 saturated heterocycles. The molecule has 0 aliphatic rings. The van der Waals surface area contributed by atoms with Crippen molar-refractivity contribution < 1.29 is 19.3 Å². The van der Waals surface area contributed by atoms with Crippen LogP contribution in [0.25, 0.3) is 20.5 Å². The van der Waals surface area contributed by atoms with Crippen LogP contribution in [0.2, 0.25) is 0 Å². The van der Waals surface area contributed by atoms with E-state index in [0.29, 0.717) is 19.0 Å². The van der Waals surface area contributed by atoms with Gasteiger partial charge in [0.2, 0.25) is 0 Å². The zero-order valence-corrected chi connectivity index (χ0v) is 21.9. The second kappa shape index (κ2) is 11.3. The van der Waals surface area contributed by atoms with Crippen LogP contribution in [0.5, 0.6) is 28.7 Å². The highest BCUT2D eigenvalue weighted by atomic mass is 32.1. The Morgan fingerprint density at radius 3 is 1.77 bits per heavy atom. The molecule has 0 bridgehead atoms. The van der Waals surface area contributed by atoms with Gasteiger partial charge in [0.15, 0.2) is 5.75 Å². The predicted octanol–water partition coefficient (Wildman–Crippen LogP) is 9.22. The van der Waals surface area contributed by atoms with Gasteiger partial charge < -0.3 is 19.3 Å². The molecule has 0 aliphatic carbocycles. The van der Waals surface area contributed by atoms with Gasteiger partial charge in [-0.15, -0.1) is 11.3 Å². The number of thiophene rings is 1. The number of hydrogen-bond donors (Lipinski definition) is 1. The third kappa shape index (κ3) is 5.89. The van der Waals surface area contributed by atoms with Gasteiger partial charge in [0, 0.05) is 10.1 Å². The van der Waals surface area contributed by atoms with Crippen LogP contribution in [0, 0.1) is 0 Å². The first kappa shape index (κ1) is 24.6. The molecule has 1 heterocycles. The number of hydrogen-bond acceptors (Lipinski definition) is 5. The molecule has 5 heteroatoms. The van der Waals surface area contributed by atoms with Gasteiger partial charge in [0.05, 0.1) is 4.88 Å². The molecular formula is C34H26O4S. The fourth-order valence-electron chi connectivity index (χ4n) is 4.25. The van der Waals surface area contributed by atoms with Crippen molar-refractivity contribution in [2.75, 3.05) is 0 Å². The zero-order chi connectivity index (χ0) is 26.4. The van der Waals surface area contributed by atoms with Crippen LogP contribution in [0.1, 0.15) is 11.1 Å². The molecule has 39 heavy (non-hydrogen) atoms. The highest BCUT2D eigenvalue weighted by Gasteiger charge is 2.17. The van der Waals surface area contributed by atoms with Crippen LogP contribution in [-0.2, 0) is 13.2 Å². The topological polar surface area (TPSA) is 47.9 Å². The Morgan fingerprint density at radius 2 is 1.13 bits per heavy atom. The van der Waals surface area contributed by atoms with E-state index in [4.69, 9.17) is 14.2 Å². The Kier molecular flexibility index (Phi) is 7.15. The van der Waals surface area contributed by atoms with Gasteiger partial charge in [0.25, 0.3) is 0 Å². The third-order valence-corrected chi connectivity index (χ3v) is 7.47. The quantitative estimate of drug-likeness (QED) is 0.202. The van der Waals surface area contributed by atoms with Crippen molar-refractivity contribution in [3.8, 4) is 39.2 Å². The second-order valence-electron chi connectivity index (χ2n) is 9.09. The molecule has 4 nitrogen and oxygen atoms in total. The summed E-state index contributed by atoms with van der Waals surface area (Å²) in [5.41, 5.74) is 3.28. The molecule has 6 aromatic rings. The van der Waals surface area contributed by atoms with Crippen molar-refractivity contribution in [2.45, 2.75) is 13.2 Å². The van der Waals surface area contributed by atoms with Gasteiger partial charge in [-0.05, 0) is 83.4 Å². The maximum Gasteiger partial charge on any atom is 0.153 e. The second-order valence-corrected chi connectivity index (χ2v) is 10.1. The number of phenols is 1. The monoisotopic (exact) mass is 530 g/mol. The van der Waals surface area contributed by atoms with E-state index in [9.17, 15) is 5.11 Å². The van der Waals surface area contributed by atoms with Crippen molar-refractivity contribution in [3.05, 3.63) is 139 Å². The summed E-state index contributed by atoms with van der Waals surface area (Å²) >= 11 is 1.66. The summed E-state index contributed by atoms with van der Waals surface area (Å²) in [7, 11) is 0. The van der Waals surface area contributed by atoms with Crippen molar-refractivity contribution in [1.82, 2.24) is 0 Å². The van der Waals surface area contributed by atoms with Crippen LogP contribution in [0.15, 0.2) is 127 Å². The summed E-state index contributed by atoms with van der Waals surface area (Å²) in [5, 5.41) is 10.7. The summed E-state index contributed by atoms with van der Waals surface area (Å²) in [5.74, 6) is 3.24. The van der Waals surface area contributed by atoms with Crippen molar-refractivity contribution in [1.29, 1.82) is 0 Å². The largest absolute Gasteiger partial charge is 0.508 e. The summed E-state index contributed by atoms with van der Waals surface area (Å²) in [6.45, 7) is 1.02. The van der Waals surface area contributed by atoms with Crippen LogP contribution >= 0.6 is 11.3 Å². The number of phenolic OH excluding ortho intramolecular Hbond substituents is 1. The average molecular weight is 531 g/mol. The summed E-state index contributed by atoms with van der Waals surface area (Å²) < 4.78 is 19.5.